The second-order valence-corrected chi connectivity index (χ2v) is 9.04. The maximum atomic E-state index is 12.8. The van der Waals surface area contributed by atoms with E-state index in [2.05, 4.69) is 5.32 Å². The largest absolute Gasteiger partial charge is 0.341 e. The minimum Gasteiger partial charge on any atom is -0.341 e. The molecule has 29 heavy (non-hydrogen) atoms. The van der Waals surface area contributed by atoms with Gasteiger partial charge in [-0.25, -0.2) is 8.42 Å². The van der Waals surface area contributed by atoms with Gasteiger partial charge in [-0.05, 0) is 38.1 Å². The number of amides is 2. The first-order chi connectivity index (χ1) is 13.8. The average Bonchev–Trinajstić information content (AvgIpc) is 2.74. The van der Waals surface area contributed by atoms with Crippen molar-refractivity contribution >= 4 is 21.8 Å². The summed E-state index contributed by atoms with van der Waals surface area (Å²) in [6.07, 6.45) is 0. The first kappa shape index (κ1) is 21.0. The number of carbonyl (C=O) groups excluding carboxylic acids is 2. The van der Waals surface area contributed by atoms with Crippen LogP contribution < -0.4 is 5.32 Å². The molecular formula is C21H25N3O4S. The summed E-state index contributed by atoms with van der Waals surface area (Å²) < 4.78 is 27.0. The number of rotatable bonds is 5. The van der Waals surface area contributed by atoms with Gasteiger partial charge in [-0.15, -0.1) is 0 Å². The highest BCUT2D eigenvalue weighted by atomic mass is 32.2. The van der Waals surface area contributed by atoms with Crippen molar-refractivity contribution in [2.45, 2.75) is 24.8 Å². The lowest BCUT2D eigenvalue weighted by atomic mass is 10.2. The second kappa shape index (κ2) is 8.75. The Bertz CT molecular complexity index is 967. The molecule has 2 amide bonds. The molecule has 1 N–H and O–H groups in total. The van der Waals surface area contributed by atoms with E-state index < -0.39 is 16.1 Å². The SMILES string of the molecule is Cc1ccc(S(=O)(=O)N2CCN(C(=O)[C@@H](C)NC(=O)c3ccccc3)CC2)cc1. The molecule has 1 aliphatic rings. The first-order valence-electron chi connectivity index (χ1n) is 9.50. The highest BCUT2D eigenvalue weighted by molar-refractivity contribution is 7.89. The van der Waals surface area contributed by atoms with Crippen LogP contribution in [0.15, 0.2) is 59.5 Å². The van der Waals surface area contributed by atoms with Gasteiger partial charge in [0.1, 0.15) is 6.04 Å². The van der Waals surface area contributed by atoms with E-state index in [1.165, 1.54) is 4.31 Å². The molecule has 0 aromatic heterocycles. The number of nitrogens with zero attached hydrogens (tertiary/aromatic N) is 2. The summed E-state index contributed by atoms with van der Waals surface area (Å²) in [5.41, 5.74) is 1.48. The van der Waals surface area contributed by atoms with Crippen molar-refractivity contribution in [1.29, 1.82) is 0 Å². The first-order valence-corrected chi connectivity index (χ1v) is 10.9. The van der Waals surface area contributed by atoms with E-state index in [0.29, 0.717) is 5.56 Å². The molecule has 7 nitrogen and oxygen atoms in total. The summed E-state index contributed by atoms with van der Waals surface area (Å²) in [6.45, 7) is 4.56. The molecule has 8 heteroatoms. The van der Waals surface area contributed by atoms with Crippen LogP contribution in [0.25, 0.3) is 0 Å². The van der Waals surface area contributed by atoms with Gasteiger partial charge in [0.05, 0.1) is 4.90 Å². The Labute approximate surface area is 171 Å². The van der Waals surface area contributed by atoms with E-state index in [1.54, 1.807) is 60.4 Å². The van der Waals surface area contributed by atoms with Crippen LogP contribution in [0, 0.1) is 6.92 Å². The van der Waals surface area contributed by atoms with Crippen LogP contribution in [0.3, 0.4) is 0 Å². The summed E-state index contributed by atoms with van der Waals surface area (Å²) in [5.74, 6) is -0.534. The maximum Gasteiger partial charge on any atom is 0.251 e. The molecule has 0 spiro atoms. The van der Waals surface area contributed by atoms with Crippen molar-refractivity contribution in [3.63, 3.8) is 0 Å². The number of hydrogen-bond donors (Lipinski definition) is 1. The van der Waals surface area contributed by atoms with Crippen LogP contribution in [-0.4, -0.2) is 61.7 Å². The molecule has 154 valence electrons. The molecule has 1 heterocycles. The van der Waals surface area contributed by atoms with Crippen molar-refractivity contribution in [1.82, 2.24) is 14.5 Å². The van der Waals surface area contributed by atoms with E-state index in [4.69, 9.17) is 0 Å². The van der Waals surface area contributed by atoms with E-state index >= 15 is 0 Å². The number of piperazine rings is 1. The molecular weight excluding hydrogens is 390 g/mol. The lowest BCUT2D eigenvalue weighted by Gasteiger charge is -2.35. The highest BCUT2D eigenvalue weighted by Crippen LogP contribution is 2.18. The molecule has 1 fully saturated rings. The number of benzene rings is 2. The maximum absolute atomic E-state index is 12.8. The van der Waals surface area contributed by atoms with Gasteiger partial charge < -0.3 is 10.2 Å². The highest BCUT2D eigenvalue weighted by Gasteiger charge is 2.31. The van der Waals surface area contributed by atoms with Gasteiger partial charge in [-0.3, -0.25) is 9.59 Å². The average molecular weight is 416 g/mol. The van der Waals surface area contributed by atoms with E-state index in [1.807, 2.05) is 13.0 Å². The molecule has 2 aromatic rings. The molecule has 0 saturated carbocycles. The minimum absolute atomic E-state index is 0.221. The Morgan fingerprint density at radius 1 is 0.931 bits per heavy atom. The quantitative estimate of drug-likeness (QED) is 0.804. The summed E-state index contributed by atoms with van der Waals surface area (Å²) in [5, 5.41) is 2.70. The van der Waals surface area contributed by atoms with Gasteiger partial charge in [-0.2, -0.15) is 4.31 Å². The number of sulfonamides is 1. The molecule has 1 atom stereocenters. The standard InChI is InChI=1S/C21H25N3O4S/c1-16-8-10-19(11-9-16)29(27,28)24-14-12-23(13-15-24)21(26)17(2)22-20(25)18-6-4-3-5-7-18/h3-11,17H,12-15H2,1-2H3,(H,22,25)/t17-/m1/s1. The molecule has 1 saturated heterocycles. The van der Waals surface area contributed by atoms with Crippen LogP contribution in [0.4, 0.5) is 0 Å². The zero-order valence-electron chi connectivity index (χ0n) is 16.5. The lowest BCUT2D eigenvalue weighted by Crippen LogP contribution is -2.55. The summed E-state index contributed by atoms with van der Waals surface area (Å²) >= 11 is 0. The third kappa shape index (κ3) is 4.83. The zero-order valence-corrected chi connectivity index (χ0v) is 17.4. The van der Waals surface area contributed by atoms with Crippen molar-refractivity contribution in [3.05, 3.63) is 65.7 Å². The van der Waals surface area contributed by atoms with E-state index in [0.717, 1.165) is 5.56 Å². The van der Waals surface area contributed by atoms with Crippen LogP contribution in [0.5, 0.6) is 0 Å². The van der Waals surface area contributed by atoms with Crippen molar-refractivity contribution < 1.29 is 18.0 Å². The predicted molar refractivity (Wildman–Crippen MR) is 110 cm³/mol. The van der Waals surface area contributed by atoms with E-state index in [-0.39, 0.29) is 42.9 Å². The minimum atomic E-state index is -3.58. The van der Waals surface area contributed by atoms with E-state index in [9.17, 15) is 18.0 Å². The van der Waals surface area contributed by atoms with Gasteiger partial charge in [-0.1, -0.05) is 35.9 Å². The van der Waals surface area contributed by atoms with Crippen LogP contribution in [0.1, 0.15) is 22.8 Å². The van der Waals surface area contributed by atoms with Gasteiger partial charge in [0, 0.05) is 31.7 Å². The predicted octanol–water partition coefficient (Wildman–Crippen LogP) is 1.65. The van der Waals surface area contributed by atoms with Crippen LogP contribution in [-0.2, 0) is 14.8 Å². The Balaban J connectivity index is 1.57. The normalized spacial score (nSPS) is 16.3. The monoisotopic (exact) mass is 415 g/mol. The number of carbonyl (C=O) groups is 2. The van der Waals surface area contributed by atoms with Gasteiger partial charge in [0.15, 0.2) is 0 Å². The Morgan fingerprint density at radius 2 is 1.52 bits per heavy atom. The van der Waals surface area contributed by atoms with Gasteiger partial charge >= 0.3 is 0 Å². The fourth-order valence-corrected chi connectivity index (χ4v) is 4.64. The van der Waals surface area contributed by atoms with Gasteiger partial charge in [0.2, 0.25) is 15.9 Å². The molecule has 2 aromatic carbocycles. The second-order valence-electron chi connectivity index (χ2n) is 7.10. The molecule has 3 rings (SSSR count). The van der Waals surface area contributed by atoms with Crippen LogP contribution >= 0.6 is 0 Å². The molecule has 0 bridgehead atoms. The molecule has 0 unspecified atom stereocenters. The Hall–Kier alpha value is -2.71. The summed E-state index contributed by atoms with van der Waals surface area (Å²) in [6, 6.07) is 14.7. The molecule has 0 radical (unpaired) electrons. The van der Waals surface area contributed by atoms with Crippen LogP contribution in [0.2, 0.25) is 0 Å². The summed E-state index contributed by atoms with van der Waals surface area (Å²) in [7, 11) is -3.58. The Morgan fingerprint density at radius 3 is 2.10 bits per heavy atom. The molecule has 0 aliphatic carbocycles. The van der Waals surface area contributed by atoms with Gasteiger partial charge in [0.25, 0.3) is 5.91 Å². The Kier molecular flexibility index (Phi) is 6.34. The number of hydrogen-bond acceptors (Lipinski definition) is 4. The fourth-order valence-electron chi connectivity index (χ4n) is 3.21. The zero-order chi connectivity index (χ0) is 21.0. The lowest BCUT2D eigenvalue weighted by molar-refractivity contribution is -0.134. The van der Waals surface area contributed by atoms with Crippen molar-refractivity contribution in [2.75, 3.05) is 26.2 Å². The third-order valence-corrected chi connectivity index (χ3v) is 6.88. The fraction of sp³-hybridized carbons (Fsp3) is 0.333. The van der Waals surface area contributed by atoms with Crippen molar-refractivity contribution in [2.24, 2.45) is 0 Å². The summed E-state index contributed by atoms with van der Waals surface area (Å²) in [4.78, 5) is 26.8. The number of nitrogens with one attached hydrogen (secondary N) is 1. The smallest absolute Gasteiger partial charge is 0.251 e. The number of aryl methyl sites for hydroxylation is 1. The van der Waals surface area contributed by atoms with Crippen molar-refractivity contribution in [3.8, 4) is 0 Å². The molecule has 1 aliphatic heterocycles. The third-order valence-electron chi connectivity index (χ3n) is 4.96. The topological polar surface area (TPSA) is 86.8 Å².